The Hall–Kier alpha value is -3.06. The van der Waals surface area contributed by atoms with Crippen molar-refractivity contribution in [3.05, 3.63) is 54.4 Å². The zero-order valence-corrected chi connectivity index (χ0v) is 21.2. The van der Waals surface area contributed by atoms with Crippen LogP contribution in [0.5, 0.6) is 5.75 Å². The number of anilines is 1. The molecule has 1 amide bonds. The van der Waals surface area contributed by atoms with Crippen LogP contribution >= 0.6 is 0 Å². The Bertz CT molecular complexity index is 1170. The fourth-order valence-corrected chi connectivity index (χ4v) is 5.63. The zero-order chi connectivity index (χ0) is 24.4. The third kappa shape index (κ3) is 5.01. The Kier molecular flexibility index (Phi) is 6.95. The summed E-state index contributed by atoms with van der Waals surface area (Å²) in [4.78, 5) is 25.2. The SMILES string of the molecule is COc1cccc(N2CCN(C(=O)[C@@H]3CCCN(Cc4nc5ccccc5n4C(C)C)C3)CC2)c1. The van der Waals surface area contributed by atoms with Crippen LogP contribution < -0.4 is 9.64 Å². The maximum absolute atomic E-state index is 13.5. The molecule has 0 aliphatic carbocycles. The summed E-state index contributed by atoms with van der Waals surface area (Å²) in [6, 6.07) is 16.9. The molecule has 0 spiro atoms. The number of imidazole rings is 1. The summed E-state index contributed by atoms with van der Waals surface area (Å²) in [5.74, 6) is 2.36. The molecule has 0 radical (unpaired) electrons. The molecule has 3 aromatic rings. The first-order valence-electron chi connectivity index (χ1n) is 12.9. The number of hydrogen-bond donors (Lipinski definition) is 0. The van der Waals surface area contributed by atoms with E-state index in [9.17, 15) is 4.79 Å². The first-order chi connectivity index (χ1) is 17.0. The lowest BCUT2D eigenvalue weighted by molar-refractivity contribution is -0.137. The molecule has 35 heavy (non-hydrogen) atoms. The number of aromatic nitrogens is 2. The van der Waals surface area contributed by atoms with Gasteiger partial charge < -0.3 is 19.1 Å². The molecule has 2 aliphatic heterocycles. The molecule has 0 unspecified atom stereocenters. The average molecular weight is 476 g/mol. The highest BCUT2D eigenvalue weighted by Gasteiger charge is 2.32. The molecule has 3 heterocycles. The van der Waals surface area contributed by atoms with E-state index in [1.165, 1.54) is 5.52 Å². The Labute approximate surface area is 208 Å². The number of carbonyl (C=O) groups is 1. The van der Waals surface area contributed by atoms with Gasteiger partial charge in [-0.2, -0.15) is 0 Å². The van der Waals surface area contributed by atoms with Crippen LogP contribution in [0.2, 0.25) is 0 Å². The van der Waals surface area contributed by atoms with Gasteiger partial charge in [-0.25, -0.2) is 4.98 Å². The van der Waals surface area contributed by atoms with Crippen molar-refractivity contribution >= 4 is 22.6 Å². The molecule has 0 saturated carbocycles. The average Bonchev–Trinajstić information content (AvgIpc) is 3.26. The van der Waals surface area contributed by atoms with Crippen LogP contribution in [0.3, 0.4) is 0 Å². The maximum Gasteiger partial charge on any atom is 0.227 e. The molecule has 2 aromatic carbocycles. The summed E-state index contributed by atoms with van der Waals surface area (Å²) in [6.07, 6.45) is 2.04. The van der Waals surface area contributed by atoms with E-state index in [4.69, 9.17) is 9.72 Å². The Balaban J connectivity index is 1.21. The van der Waals surface area contributed by atoms with E-state index in [1.807, 2.05) is 18.2 Å². The monoisotopic (exact) mass is 475 g/mol. The van der Waals surface area contributed by atoms with Gasteiger partial charge in [0.05, 0.1) is 30.6 Å². The number of piperazine rings is 1. The number of piperidine rings is 1. The summed E-state index contributed by atoms with van der Waals surface area (Å²) in [5.41, 5.74) is 3.40. The van der Waals surface area contributed by atoms with E-state index in [-0.39, 0.29) is 5.92 Å². The summed E-state index contributed by atoms with van der Waals surface area (Å²) in [6.45, 7) is 10.3. The Morgan fingerprint density at radius 2 is 1.86 bits per heavy atom. The number of hydrogen-bond acceptors (Lipinski definition) is 5. The lowest BCUT2D eigenvalue weighted by atomic mass is 9.96. The number of nitrogens with zero attached hydrogens (tertiary/aromatic N) is 5. The largest absolute Gasteiger partial charge is 0.497 e. The van der Waals surface area contributed by atoms with Gasteiger partial charge in [0.25, 0.3) is 0 Å². The van der Waals surface area contributed by atoms with Crippen molar-refractivity contribution in [2.24, 2.45) is 5.92 Å². The molecular weight excluding hydrogens is 438 g/mol. The van der Waals surface area contributed by atoms with Gasteiger partial charge >= 0.3 is 0 Å². The highest BCUT2D eigenvalue weighted by atomic mass is 16.5. The molecule has 0 N–H and O–H groups in total. The van der Waals surface area contributed by atoms with Crippen LogP contribution in [0, 0.1) is 5.92 Å². The number of methoxy groups -OCH3 is 1. The fraction of sp³-hybridized carbons (Fsp3) is 0.500. The first-order valence-corrected chi connectivity index (χ1v) is 12.9. The van der Waals surface area contributed by atoms with Gasteiger partial charge in [-0.15, -0.1) is 0 Å². The highest BCUT2D eigenvalue weighted by molar-refractivity contribution is 5.79. The van der Waals surface area contributed by atoms with Crippen LogP contribution in [0.1, 0.15) is 38.6 Å². The Morgan fingerprint density at radius 3 is 2.63 bits per heavy atom. The quantitative estimate of drug-likeness (QED) is 0.535. The number of ether oxygens (including phenoxy) is 1. The minimum Gasteiger partial charge on any atom is -0.497 e. The first kappa shape index (κ1) is 23.7. The molecule has 5 rings (SSSR count). The molecule has 2 fully saturated rings. The third-order valence-electron chi connectivity index (χ3n) is 7.41. The normalized spacial score (nSPS) is 19.5. The van der Waals surface area contributed by atoms with Crippen molar-refractivity contribution in [1.29, 1.82) is 0 Å². The third-order valence-corrected chi connectivity index (χ3v) is 7.41. The molecule has 0 bridgehead atoms. The summed E-state index contributed by atoms with van der Waals surface area (Å²) in [5, 5.41) is 0. The highest BCUT2D eigenvalue weighted by Crippen LogP contribution is 2.26. The zero-order valence-electron chi connectivity index (χ0n) is 21.2. The number of amides is 1. The van der Waals surface area contributed by atoms with Gasteiger partial charge in [0, 0.05) is 50.5 Å². The smallest absolute Gasteiger partial charge is 0.227 e. The van der Waals surface area contributed by atoms with E-state index in [2.05, 4.69) is 63.4 Å². The second kappa shape index (κ2) is 10.3. The summed E-state index contributed by atoms with van der Waals surface area (Å²) in [7, 11) is 1.70. The second-order valence-corrected chi connectivity index (χ2v) is 10.1. The number of fused-ring (bicyclic) bond motifs is 1. The van der Waals surface area contributed by atoms with Crippen molar-refractivity contribution in [3.8, 4) is 5.75 Å². The van der Waals surface area contributed by atoms with Crippen molar-refractivity contribution in [3.63, 3.8) is 0 Å². The molecule has 2 saturated heterocycles. The lowest BCUT2D eigenvalue weighted by Gasteiger charge is -2.39. The lowest BCUT2D eigenvalue weighted by Crippen LogP contribution is -2.52. The van der Waals surface area contributed by atoms with E-state index in [0.29, 0.717) is 11.9 Å². The van der Waals surface area contributed by atoms with Crippen molar-refractivity contribution in [2.75, 3.05) is 51.3 Å². The van der Waals surface area contributed by atoms with Crippen molar-refractivity contribution < 1.29 is 9.53 Å². The topological polar surface area (TPSA) is 53.8 Å². The summed E-state index contributed by atoms with van der Waals surface area (Å²) >= 11 is 0. The molecule has 1 atom stereocenters. The standard InChI is InChI=1S/C28H37N5O2/c1-21(2)33-26-12-5-4-11-25(26)29-27(33)20-30-13-7-8-22(19-30)28(34)32-16-14-31(15-17-32)23-9-6-10-24(18-23)35-3/h4-6,9-12,18,21-22H,7-8,13-17,19-20H2,1-3H3/t22-/m1/s1. The van der Waals surface area contributed by atoms with Gasteiger partial charge in [-0.05, 0) is 57.5 Å². The van der Waals surface area contributed by atoms with Gasteiger partial charge in [0.2, 0.25) is 5.91 Å². The molecular formula is C28H37N5O2. The Morgan fingerprint density at radius 1 is 1.06 bits per heavy atom. The van der Waals surface area contributed by atoms with E-state index < -0.39 is 0 Å². The number of likely N-dealkylation sites (tertiary alicyclic amines) is 1. The minimum absolute atomic E-state index is 0.0731. The number of benzene rings is 2. The molecule has 1 aromatic heterocycles. The van der Waals surface area contributed by atoms with E-state index >= 15 is 0 Å². The van der Waals surface area contributed by atoms with Crippen molar-refractivity contribution in [2.45, 2.75) is 39.3 Å². The number of para-hydroxylation sites is 2. The maximum atomic E-state index is 13.5. The van der Waals surface area contributed by atoms with Crippen LogP contribution in [0.4, 0.5) is 5.69 Å². The van der Waals surface area contributed by atoms with Crippen LogP contribution in [0.15, 0.2) is 48.5 Å². The van der Waals surface area contributed by atoms with Crippen LogP contribution in [-0.4, -0.2) is 71.6 Å². The van der Waals surface area contributed by atoms with Crippen LogP contribution in [0.25, 0.3) is 11.0 Å². The van der Waals surface area contributed by atoms with E-state index in [1.54, 1.807) is 7.11 Å². The predicted octanol–water partition coefficient (Wildman–Crippen LogP) is 4.19. The van der Waals surface area contributed by atoms with Gasteiger partial charge in [0.15, 0.2) is 0 Å². The van der Waals surface area contributed by atoms with Gasteiger partial charge in [-0.1, -0.05) is 18.2 Å². The summed E-state index contributed by atoms with van der Waals surface area (Å²) < 4.78 is 7.72. The predicted molar refractivity (Wildman–Crippen MR) is 140 cm³/mol. The van der Waals surface area contributed by atoms with Crippen molar-refractivity contribution in [1.82, 2.24) is 19.4 Å². The molecule has 186 valence electrons. The fourth-order valence-electron chi connectivity index (χ4n) is 5.63. The number of carbonyl (C=O) groups excluding carboxylic acids is 1. The van der Waals surface area contributed by atoms with Gasteiger partial charge in [-0.3, -0.25) is 9.69 Å². The molecule has 7 heteroatoms. The number of rotatable bonds is 6. The molecule has 7 nitrogen and oxygen atoms in total. The minimum atomic E-state index is 0.0731. The van der Waals surface area contributed by atoms with E-state index in [0.717, 1.165) is 81.4 Å². The van der Waals surface area contributed by atoms with Crippen LogP contribution in [-0.2, 0) is 11.3 Å². The van der Waals surface area contributed by atoms with Gasteiger partial charge in [0.1, 0.15) is 11.6 Å². The molecule has 2 aliphatic rings. The second-order valence-electron chi connectivity index (χ2n) is 10.1.